The highest BCUT2D eigenvalue weighted by Crippen LogP contribution is 2.29. The van der Waals surface area contributed by atoms with Gasteiger partial charge in [-0.25, -0.2) is 4.79 Å². The smallest absolute Gasteiger partial charge is 0.338 e. The molecule has 0 aliphatic carbocycles. The molecule has 0 bridgehead atoms. The molecule has 1 N–H and O–H groups in total. The monoisotopic (exact) mass is 389 g/mol. The van der Waals surface area contributed by atoms with E-state index in [4.69, 9.17) is 14.2 Å². The zero-order chi connectivity index (χ0) is 19.8. The highest BCUT2D eigenvalue weighted by atomic mass is 32.2. The highest BCUT2D eigenvalue weighted by Gasteiger charge is 2.14. The molecule has 144 valence electrons. The number of amides is 1. The van der Waals surface area contributed by atoms with Gasteiger partial charge in [-0.1, -0.05) is 0 Å². The van der Waals surface area contributed by atoms with Crippen LogP contribution in [0.15, 0.2) is 47.4 Å². The number of ether oxygens (including phenoxy) is 3. The fourth-order valence-corrected chi connectivity index (χ4v) is 2.64. The van der Waals surface area contributed by atoms with Crippen molar-refractivity contribution >= 4 is 29.3 Å². The van der Waals surface area contributed by atoms with Crippen LogP contribution >= 0.6 is 11.8 Å². The van der Waals surface area contributed by atoms with Gasteiger partial charge in [-0.3, -0.25) is 4.79 Å². The van der Waals surface area contributed by atoms with E-state index in [-0.39, 0.29) is 18.3 Å². The van der Waals surface area contributed by atoms with E-state index in [0.717, 1.165) is 4.90 Å². The van der Waals surface area contributed by atoms with E-state index in [9.17, 15) is 9.59 Å². The predicted octanol–water partition coefficient (Wildman–Crippen LogP) is 4.00. The Morgan fingerprint density at radius 3 is 2.37 bits per heavy atom. The van der Waals surface area contributed by atoms with Gasteiger partial charge in [0.15, 0.2) is 18.1 Å². The molecule has 2 rings (SSSR count). The highest BCUT2D eigenvalue weighted by molar-refractivity contribution is 7.98. The number of hydrogen-bond acceptors (Lipinski definition) is 6. The zero-order valence-corrected chi connectivity index (χ0v) is 16.6. The third kappa shape index (κ3) is 6.21. The second-order valence-electron chi connectivity index (χ2n) is 5.89. The topological polar surface area (TPSA) is 73.9 Å². The maximum absolute atomic E-state index is 12.2. The number of thioether (sulfide) groups is 1. The van der Waals surface area contributed by atoms with Gasteiger partial charge in [-0.05, 0) is 62.6 Å². The fraction of sp³-hybridized carbons (Fsp3) is 0.300. The van der Waals surface area contributed by atoms with Gasteiger partial charge >= 0.3 is 5.97 Å². The number of carbonyl (C=O) groups is 2. The van der Waals surface area contributed by atoms with Crippen molar-refractivity contribution in [2.24, 2.45) is 0 Å². The molecular weight excluding hydrogens is 366 g/mol. The van der Waals surface area contributed by atoms with E-state index < -0.39 is 11.9 Å². The van der Waals surface area contributed by atoms with Crippen LogP contribution in [0.2, 0.25) is 0 Å². The lowest BCUT2D eigenvalue weighted by molar-refractivity contribution is -0.119. The minimum Gasteiger partial charge on any atom is -0.493 e. The first-order valence-electron chi connectivity index (χ1n) is 8.38. The molecule has 0 radical (unpaired) electrons. The van der Waals surface area contributed by atoms with Gasteiger partial charge in [0.25, 0.3) is 5.91 Å². The number of carbonyl (C=O) groups excluding carboxylic acids is 2. The van der Waals surface area contributed by atoms with Crippen LogP contribution in [-0.4, -0.2) is 38.0 Å². The van der Waals surface area contributed by atoms with Crippen LogP contribution in [0.1, 0.15) is 24.2 Å². The normalized spacial score (nSPS) is 10.4. The van der Waals surface area contributed by atoms with Crippen molar-refractivity contribution in [2.75, 3.05) is 25.3 Å². The van der Waals surface area contributed by atoms with Crippen LogP contribution in [0.3, 0.4) is 0 Å². The number of hydrogen-bond donors (Lipinski definition) is 1. The Morgan fingerprint density at radius 1 is 1.07 bits per heavy atom. The van der Waals surface area contributed by atoms with Gasteiger partial charge in [0.2, 0.25) is 0 Å². The fourth-order valence-electron chi connectivity index (χ4n) is 2.23. The van der Waals surface area contributed by atoms with E-state index in [0.29, 0.717) is 17.2 Å². The number of anilines is 1. The third-order valence-electron chi connectivity index (χ3n) is 3.47. The van der Waals surface area contributed by atoms with Crippen molar-refractivity contribution in [2.45, 2.75) is 24.8 Å². The van der Waals surface area contributed by atoms with E-state index in [1.807, 2.05) is 32.2 Å². The number of rotatable bonds is 8. The molecular formula is C20H23NO5S. The Balaban J connectivity index is 1.93. The first-order chi connectivity index (χ1) is 12.9. The Morgan fingerprint density at radius 2 is 1.78 bits per heavy atom. The zero-order valence-electron chi connectivity index (χ0n) is 15.8. The van der Waals surface area contributed by atoms with Crippen molar-refractivity contribution in [1.82, 2.24) is 0 Å². The Labute approximate surface area is 163 Å². The number of esters is 1. The standard InChI is InChI=1S/C20H23NO5S/c1-13(2)26-17-10-5-14(11-18(17)24-3)20(23)25-12-19(22)21-15-6-8-16(27-4)9-7-15/h5-11,13H,12H2,1-4H3,(H,21,22). The van der Waals surface area contributed by atoms with Crippen molar-refractivity contribution < 1.29 is 23.8 Å². The Hall–Kier alpha value is -2.67. The van der Waals surface area contributed by atoms with Crippen molar-refractivity contribution in [3.63, 3.8) is 0 Å². The SMILES string of the molecule is COc1cc(C(=O)OCC(=O)Nc2ccc(SC)cc2)ccc1OC(C)C. The molecule has 0 unspecified atom stereocenters. The van der Waals surface area contributed by atoms with E-state index in [1.165, 1.54) is 13.2 Å². The minimum atomic E-state index is -0.614. The molecule has 0 aromatic heterocycles. The van der Waals surface area contributed by atoms with E-state index >= 15 is 0 Å². The summed E-state index contributed by atoms with van der Waals surface area (Å²) in [6, 6.07) is 12.1. The van der Waals surface area contributed by atoms with E-state index in [2.05, 4.69) is 5.32 Å². The molecule has 2 aromatic carbocycles. The second kappa shape index (κ2) is 9.87. The number of benzene rings is 2. The number of nitrogens with one attached hydrogen (secondary N) is 1. The largest absolute Gasteiger partial charge is 0.493 e. The summed E-state index contributed by atoms with van der Waals surface area (Å²) in [6.45, 7) is 3.42. The lowest BCUT2D eigenvalue weighted by atomic mass is 10.2. The van der Waals surface area contributed by atoms with Crippen molar-refractivity contribution in [3.05, 3.63) is 48.0 Å². The molecule has 0 saturated heterocycles. The minimum absolute atomic E-state index is 0.0228. The molecule has 0 heterocycles. The summed E-state index contributed by atoms with van der Waals surface area (Å²) in [5.41, 5.74) is 0.922. The van der Waals surface area contributed by atoms with E-state index in [1.54, 1.807) is 36.0 Å². The summed E-state index contributed by atoms with van der Waals surface area (Å²) < 4.78 is 15.9. The molecule has 27 heavy (non-hydrogen) atoms. The van der Waals surface area contributed by atoms with Gasteiger partial charge in [-0.15, -0.1) is 11.8 Å². The molecule has 0 aliphatic rings. The summed E-state index contributed by atoms with van der Waals surface area (Å²) in [5, 5.41) is 2.68. The summed E-state index contributed by atoms with van der Waals surface area (Å²) in [4.78, 5) is 25.2. The van der Waals surface area contributed by atoms with Gasteiger partial charge < -0.3 is 19.5 Å². The van der Waals surface area contributed by atoms with Crippen LogP contribution in [0, 0.1) is 0 Å². The summed E-state index contributed by atoms with van der Waals surface area (Å²) >= 11 is 1.61. The first-order valence-corrected chi connectivity index (χ1v) is 9.61. The Kier molecular flexibility index (Phi) is 7.55. The van der Waals surface area contributed by atoms with Gasteiger partial charge in [0.05, 0.1) is 18.8 Å². The van der Waals surface area contributed by atoms with Gasteiger partial charge in [0, 0.05) is 10.6 Å². The summed E-state index contributed by atoms with van der Waals surface area (Å²) in [7, 11) is 1.49. The lowest BCUT2D eigenvalue weighted by Crippen LogP contribution is -2.21. The summed E-state index contributed by atoms with van der Waals surface area (Å²) in [6.07, 6.45) is 1.95. The molecule has 0 spiro atoms. The van der Waals surface area contributed by atoms with Crippen LogP contribution in [-0.2, 0) is 9.53 Å². The number of methoxy groups -OCH3 is 1. The quantitative estimate of drug-likeness (QED) is 0.543. The lowest BCUT2D eigenvalue weighted by Gasteiger charge is -2.14. The molecule has 1 amide bonds. The first kappa shape index (κ1) is 20.6. The van der Waals surface area contributed by atoms with Gasteiger partial charge in [0.1, 0.15) is 0 Å². The molecule has 0 aliphatic heterocycles. The van der Waals surface area contributed by atoms with Gasteiger partial charge in [-0.2, -0.15) is 0 Å². The molecule has 7 heteroatoms. The Bertz CT molecular complexity index is 789. The maximum Gasteiger partial charge on any atom is 0.338 e. The average molecular weight is 389 g/mol. The average Bonchev–Trinajstić information content (AvgIpc) is 2.66. The van der Waals surface area contributed by atoms with Crippen LogP contribution in [0.5, 0.6) is 11.5 Å². The maximum atomic E-state index is 12.2. The molecule has 2 aromatic rings. The van der Waals surface area contributed by atoms with Crippen LogP contribution in [0.25, 0.3) is 0 Å². The predicted molar refractivity (Wildman–Crippen MR) is 106 cm³/mol. The van der Waals surface area contributed by atoms with Crippen LogP contribution < -0.4 is 14.8 Å². The van der Waals surface area contributed by atoms with Crippen molar-refractivity contribution in [3.8, 4) is 11.5 Å². The molecule has 0 atom stereocenters. The molecule has 6 nitrogen and oxygen atoms in total. The molecule has 0 fully saturated rings. The summed E-state index contributed by atoms with van der Waals surface area (Å²) in [5.74, 6) is -0.0591. The van der Waals surface area contributed by atoms with Crippen molar-refractivity contribution in [1.29, 1.82) is 0 Å². The van der Waals surface area contributed by atoms with Crippen LogP contribution in [0.4, 0.5) is 5.69 Å². The third-order valence-corrected chi connectivity index (χ3v) is 4.21. The second-order valence-corrected chi connectivity index (χ2v) is 6.76. The molecule has 0 saturated carbocycles.